The van der Waals surface area contributed by atoms with E-state index in [0.29, 0.717) is 12.5 Å². The maximum Gasteiger partial charge on any atom is 0.312 e. The molecule has 2 nitrogen and oxygen atoms in total. The third-order valence-corrected chi connectivity index (χ3v) is 3.23. The van der Waals surface area contributed by atoms with Gasteiger partial charge in [-0.15, -0.1) is 0 Å². The van der Waals surface area contributed by atoms with E-state index in [9.17, 15) is 4.79 Å². The first-order valence-electron chi connectivity index (χ1n) is 6.28. The van der Waals surface area contributed by atoms with Gasteiger partial charge in [-0.25, -0.2) is 0 Å². The molecule has 1 aliphatic carbocycles. The van der Waals surface area contributed by atoms with Crippen molar-refractivity contribution in [1.29, 1.82) is 0 Å². The summed E-state index contributed by atoms with van der Waals surface area (Å²) in [6.45, 7) is 7.00. The first-order valence-corrected chi connectivity index (χ1v) is 6.28. The molecule has 0 aliphatic heterocycles. The van der Waals surface area contributed by atoms with Crippen molar-refractivity contribution in [2.24, 2.45) is 11.3 Å². The van der Waals surface area contributed by atoms with Gasteiger partial charge in [-0.3, -0.25) is 4.79 Å². The van der Waals surface area contributed by atoms with Crippen LogP contribution in [0.4, 0.5) is 0 Å². The van der Waals surface area contributed by atoms with Crippen LogP contribution >= 0.6 is 0 Å². The Kier molecular flexibility index (Phi) is 4.62. The molecule has 1 saturated carbocycles. The zero-order valence-corrected chi connectivity index (χ0v) is 10.3. The van der Waals surface area contributed by atoms with Crippen molar-refractivity contribution in [3.05, 3.63) is 0 Å². The Labute approximate surface area is 93.4 Å². The van der Waals surface area contributed by atoms with Crippen molar-refractivity contribution in [3.63, 3.8) is 0 Å². The number of carbonyl (C=O) groups is 1. The highest BCUT2D eigenvalue weighted by Gasteiger charge is 2.42. The lowest BCUT2D eigenvalue weighted by Gasteiger charge is -2.28. The molecule has 0 atom stereocenters. The lowest BCUT2D eigenvalue weighted by molar-refractivity contribution is -0.156. The predicted octanol–water partition coefficient (Wildman–Crippen LogP) is 3.55. The van der Waals surface area contributed by atoms with Gasteiger partial charge in [0.15, 0.2) is 0 Å². The highest BCUT2D eigenvalue weighted by molar-refractivity contribution is 5.77. The van der Waals surface area contributed by atoms with E-state index in [1.54, 1.807) is 0 Å². The lowest BCUT2D eigenvalue weighted by Crippen LogP contribution is -2.31. The molecule has 88 valence electrons. The normalized spacial score (nSPS) is 19.5. The van der Waals surface area contributed by atoms with E-state index in [1.165, 1.54) is 12.8 Å². The number of carbonyl (C=O) groups excluding carboxylic acids is 1. The molecule has 0 unspecified atom stereocenters. The Morgan fingerprint density at radius 1 is 1.33 bits per heavy atom. The Balaban J connectivity index is 2.59. The van der Waals surface area contributed by atoms with Gasteiger partial charge in [0.2, 0.25) is 0 Å². The van der Waals surface area contributed by atoms with Gasteiger partial charge >= 0.3 is 5.97 Å². The molecule has 0 aromatic rings. The fraction of sp³-hybridized carbons (Fsp3) is 0.923. The molecular formula is C13H24O2. The molecule has 0 aromatic carbocycles. The van der Waals surface area contributed by atoms with Gasteiger partial charge < -0.3 is 4.74 Å². The average Bonchev–Trinajstić information content (AvgIpc) is 2.62. The van der Waals surface area contributed by atoms with E-state index < -0.39 is 0 Å². The van der Waals surface area contributed by atoms with Crippen molar-refractivity contribution < 1.29 is 9.53 Å². The molecule has 0 N–H and O–H groups in total. The standard InChI is InChI=1S/C13H24O2/c1-4-9-15-12(14)13(10-11(2)3)7-5-6-8-13/h11H,4-10H2,1-3H3. The van der Waals surface area contributed by atoms with Crippen LogP contribution in [0.5, 0.6) is 0 Å². The Morgan fingerprint density at radius 3 is 2.40 bits per heavy atom. The van der Waals surface area contributed by atoms with E-state index in [1.807, 2.05) is 6.92 Å². The zero-order chi connectivity index (χ0) is 11.3. The summed E-state index contributed by atoms with van der Waals surface area (Å²) in [5.74, 6) is 0.646. The van der Waals surface area contributed by atoms with E-state index in [-0.39, 0.29) is 11.4 Å². The summed E-state index contributed by atoms with van der Waals surface area (Å²) >= 11 is 0. The lowest BCUT2D eigenvalue weighted by atomic mass is 9.78. The fourth-order valence-corrected chi connectivity index (χ4v) is 2.67. The Hall–Kier alpha value is -0.530. The van der Waals surface area contributed by atoms with Gasteiger partial charge in [-0.05, 0) is 31.6 Å². The first-order chi connectivity index (χ1) is 7.10. The third kappa shape index (κ3) is 3.22. The first kappa shape index (κ1) is 12.5. The SMILES string of the molecule is CCCOC(=O)C1(CC(C)C)CCCC1. The van der Waals surface area contributed by atoms with Gasteiger partial charge in [0, 0.05) is 0 Å². The van der Waals surface area contributed by atoms with E-state index in [0.717, 1.165) is 25.7 Å². The second-order valence-electron chi connectivity index (χ2n) is 5.22. The molecule has 0 heterocycles. The van der Waals surface area contributed by atoms with Gasteiger partial charge in [0.05, 0.1) is 12.0 Å². The topological polar surface area (TPSA) is 26.3 Å². The van der Waals surface area contributed by atoms with E-state index >= 15 is 0 Å². The number of hydrogen-bond donors (Lipinski definition) is 0. The second-order valence-corrected chi connectivity index (χ2v) is 5.22. The minimum Gasteiger partial charge on any atom is -0.465 e. The van der Waals surface area contributed by atoms with Gasteiger partial charge in [-0.1, -0.05) is 33.6 Å². The number of esters is 1. The minimum atomic E-state index is -0.136. The van der Waals surface area contributed by atoms with Gasteiger partial charge in [0.25, 0.3) is 0 Å². The van der Waals surface area contributed by atoms with Crippen molar-refractivity contribution in [2.45, 2.75) is 59.3 Å². The summed E-state index contributed by atoms with van der Waals surface area (Å²) in [6, 6.07) is 0. The molecule has 1 fully saturated rings. The minimum absolute atomic E-state index is 0.0653. The highest BCUT2D eigenvalue weighted by atomic mass is 16.5. The van der Waals surface area contributed by atoms with Crippen molar-refractivity contribution in [3.8, 4) is 0 Å². The van der Waals surface area contributed by atoms with E-state index in [2.05, 4.69) is 13.8 Å². The quantitative estimate of drug-likeness (QED) is 0.651. The maximum atomic E-state index is 12.0. The molecule has 0 spiro atoms. The van der Waals surface area contributed by atoms with Gasteiger partial charge in [-0.2, -0.15) is 0 Å². The summed E-state index contributed by atoms with van der Waals surface area (Å²) in [5.41, 5.74) is -0.136. The van der Waals surface area contributed by atoms with Crippen LogP contribution in [0.3, 0.4) is 0 Å². The molecule has 1 rings (SSSR count). The van der Waals surface area contributed by atoms with Crippen molar-refractivity contribution in [1.82, 2.24) is 0 Å². The predicted molar refractivity (Wildman–Crippen MR) is 61.6 cm³/mol. The molecule has 0 amide bonds. The highest BCUT2D eigenvalue weighted by Crippen LogP contribution is 2.44. The molecule has 1 aliphatic rings. The van der Waals surface area contributed by atoms with Crippen LogP contribution in [0.15, 0.2) is 0 Å². The number of hydrogen-bond acceptors (Lipinski definition) is 2. The summed E-state index contributed by atoms with van der Waals surface area (Å²) in [7, 11) is 0. The van der Waals surface area contributed by atoms with Crippen LogP contribution in [0.25, 0.3) is 0 Å². The smallest absolute Gasteiger partial charge is 0.312 e. The molecule has 0 radical (unpaired) electrons. The second kappa shape index (κ2) is 5.53. The summed E-state index contributed by atoms with van der Waals surface area (Å²) in [5, 5.41) is 0. The molecule has 2 heteroatoms. The zero-order valence-electron chi connectivity index (χ0n) is 10.3. The summed E-state index contributed by atoms with van der Waals surface area (Å²) in [6.07, 6.45) is 6.36. The van der Waals surface area contributed by atoms with Crippen molar-refractivity contribution >= 4 is 5.97 Å². The van der Waals surface area contributed by atoms with Crippen LogP contribution in [0.1, 0.15) is 59.3 Å². The van der Waals surface area contributed by atoms with Crippen LogP contribution < -0.4 is 0 Å². The van der Waals surface area contributed by atoms with Gasteiger partial charge in [0.1, 0.15) is 0 Å². The molecule has 15 heavy (non-hydrogen) atoms. The van der Waals surface area contributed by atoms with Crippen LogP contribution in [0.2, 0.25) is 0 Å². The molecule has 0 aromatic heterocycles. The maximum absolute atomic E-state index is 12.0. The van der Waals surface area contributed by atoms with E-state index in [4.69, 9.17) is 4.74 Å². The molecule has 0 bridgehead atoms. The molecular weight excluding hydrogens is 188 g/mol. The Bertz CT molecular complexity index is 203. The van der Waals surface area contributed by atoms with Crippen LogP contribution in [0, 0.1) is 11.3 Å². The Morgan fingerprint density at radius 2 is 1.93 bits per heavy atom. The number of ether oxygens (including phenoxy) is 1. The summed E-state index contributed by atoms with van der Waals surface area (Å²) in [4.78, 5) is 12.0. The van der Waals surface area contributed by atoms with Crippen LogP contribution in [-0.4, -0.2) is 12.6 Å². The monoisotopic (exact) mass is 212 g/mol. The summed E-state index contributed by atoms with van der Waals surface area (Å²) < 4.78 is 5.34. The van der Waals surface area contributed by atoms with Crippen LogP contribution in [-0.2, 0) is 9.53 Å². The third-order valence-electron chi connectivity index (χ3n) is 3.23. The fourth-order valence-electron chi connectivity index (χ4n) is 2.67. The molecule has 0 saturated heterocycles. The number of rotatable bonds is 5. The average molecular weight is 212 g/mol. The largest absolute Gasteiger partial charge is 0.465 e. The van der Waals surface area contributed by atoms with Crippen molar-refractivity contribution in [2.75, 3.05) is 6.61 Å².